The average Bonchev–Trinajstić information content (AvgIpc) is 3.25. The van der Waals surface area contributed by atoms with Crippen LogP contribution in [0, 0.1) is 11.3 Å². The van der Waals surface area contributed by atoms with Gasteiger partial charge in [-0.15, -0.1) is 11.3 Å². The van der Waals surface area contributed by atoms with Crippen molar-refractivity contribution in [3.63, 3.8) is 0 Å². The van der Waals surface area contributed by atoms with Crippen LogP contribution in [-0.2, 0) is 22.6 Å². The van der Waals surface area contributed by atoms with Crippen LogP contribution in [-0.4, -0.2) is 35.7 Å². The molecular weight excluding hydrogens is 388 g/mol. The van der Waals surface area contributed by atoms with Crippen LogP contribution in [0.4, 0.5) is 10.7 Å². The van der Waals surface area contributed by atoms with Gasteiger partial charge in [-0.1, -0.05) is 6.92 Å². The Labute approximate surface area is 172 Å². The molecule has 1 N–H and O–H groups in total. The SMILES string of the molecule is CCN1CCc2c(sc(NC(=O)c3ccc(N4C(=O)CCC4=O)cc3)c2C#N)C1. The predicted molar refractivity (Wildman–Crippen MR) is 110 cm³/mol. The van der Waals surface area contributed by atoms with E-state index in [-0.39, 0.29) is 30.6 Å². The Hall–Kier alpha value is -3.02. The fourth-order valence-electron chi connectivity index (χ4n) is 3.73. The van der Waals surface area contributed by atoms with Gasteiger partial charge in [-0.3, -0.25) is 24.2 Å². The molecule has 1 fully saturated rings. The Bertz CT molecular complexity index is 1020. The first kappa shape index (κ1) is 19.3. The summed E-state index contributed by atoms with van der Waals surface area (Å²) in [5.41, 5.74) is 2.47. The summed E-state index contributed by atoms with van der Waals surface area (Å²) in [5.74, 6) is -0.773. The van der Waals surface area contributed by atoms with Crippen molar-refractivity contribution in [1.82, 2.24) is 4.90 Å². The van der Waals surface area contributed by atoms with Crippen molar-refractivity contribution in [2.75, 3.05) is 23.3 Å². The number of fused-ring (bicyclic) bond motifs is 1. The molecule has 0 unspecified atom stereocenters. The van der Waals surface area contributed by atoms with Crippen LogP contribution < -0.4 is 10.2 Å². The first-order valence-corrected chi connectivity index (χ1v) is 10.4. The van der Waals surface area contributed by atoms with Gasteiger partial charge in [0, 0.05) is 36.4 Å². The topological polar surface area (TPSA) is 93.5 Å². The van der Waals surface area contributed by atoms with E-state index in [9.17, 15) is 19.6 Å². The van der Waals surface area contributed by atoms with Gasteiger partial charge in [0.25, 0.3) is 5.91 Å². The van der Waals surface area contributed by atoms with E-state index in [1.165, 1.54) is 11.3 Å². The van der Waals surface area contributed by atoms with E-state index in [4.69, 9.17) is 0 Å². The summed E-state index contributed by atoms with van der Waals surface area (Å²) in [5, 5.41) is 13.0. The maximum atomic E-state index is 12.7. The van der Waals surface area contributed by atoms with E-state index in [0.29, 0.717) is 21.8 Å². The van der Waals surface area contributed by atoms with Crippen LogP contribution >= 0.6 is 11.3 Å². The molecule has 2 aromatic rings. The van der Waals surface area contributed by atoms with Crippen LogP contribution in [0.2, 0.25) is 0 Å². The van der Waals surface area contributed by atoms with Gasteiger partial charge >= 0.3 is 0 Å². The van der Waals surface area contributed by atoms with Crippen molar-refractivity contribution in [3.8, 4) is 6.07 Å². The number of anilines is 2. The maximum Gasteiger partial charge on any atom is 0.256 e. The number of hydrogen-bond donors (Lipinski definition) is 1. The lowest BCUT2D eigenvalue weighted by Gasteiger charge is -2.24. The number of likely N-dealkylation sites (N-methyl/N-ethyl adjacent to an activating group) is 1. The number of hydrogen-bond acceptors (Lipinski definition) is 6. The fraction of sp³-hybridized carbons (Fsp3) is 0.333. The van der Waals surface area contributed by atoms with Crippen LogP contribution in [0.5, 0.6) is 0 Å². The van der Waals surface area contributed by atoms with E-state index >= 15 is 0 Å². The molecule has 1 aromatic carbocycles. The normalized spacial score (nSPS) is 16.6. The lowest BCUT2D eigenvalue weighted by atomic mass is 10.0. The molecule has 0 atom stereocenters. The highest BCUT2D eigenvalue weighted by Gasteiger charge is 2.30. The third-order valence-electron chi connectivity index (χ3n) is 5.36. The van der Waals surface area contributed by atoms with Gasteiger partial charge in [-0.2, -0.15) is 5.26 Å². The minimum absolute atomic E-state index is 0.219. The van der Waals surface area contributed by atoms with Crippen LogP contribution in [0.25, 0.3) is 0 Å². The Morgan fingerprint density at radius 1 is 1.17 bits per heavy atom. The summed E-state index contributed by atoms with van der Waals surface area (Å²) in [6, 6.07) is 8.61. The predicted octanol–water partition coefficient (Wildman–Crippen LogP) is 2.90. The molecule has 0 spiro atoms. The number of nitrogens with one attached hydrogen (secondary N) is 1. The number of nitrogens with zero attached hydrogens (tertiary/aromatic N) is 3. The summed E-state index contributed by atoms with van der Waals surface area (Å²) < 4.78 is 0. The molecule has 148 valence electrons. The molecule has 0 radical (unpaired) electrons. The lowest BCUT2D eigenvalue weighted by Crippen LogP contribution is -2.29. The second-order valence-corrected chi connectivity index (χ2v) is 8.17. The highest BCUT2D eigenvalue weighted by Crippen LogP contribution is 2.36. The van der Waals surface area contributed by atoms with E-state index in [0.717, 1.165) is 41.4 Å². The van der Waals surface area contributed by atoms with Gasteiger partial charge in [-0.05, 0) is 42.8 Å². The van der Waals surface area contributed by atoms with Gasteiger partial charge in [0.05, 0.1) is 11.3 Å². The zero-order valence-corrected chi connectivity index (χ0v) is 16.8. The molecule has 2 aliphatic rings. The van der Waals surface area contributed by atoms with Crippen molar-refractivity contribution in [2.45, 2.75) is 32.7 Å². The average molecular weight is 408 g/mol. The first-order chi connectivity index (χ1) is 14.0. The van der Waals surface area contributed by atoms with Crippen LogP contribution in [0.1, 0.15) is 46.1 Å². The second-order valence-electron chi connectivity index (χ2n) is 7.06. The molecule has 3 amide bonds. The molecule has 0 aliphatic carbocycles. The largest absolute Gasteiger partial charge is 0.312 e. The molecule has 0 saturated carbocycles. The van der Waals surface area contributed by atoms with Gasteiger partial charge in [0.1, 0.15) is 11.1 Å². The molecule has 0 bridgehead atoms. The number of carbonyl (C=O) groups is 3. The number of amides is 3. The molecule has 1 saturated heterocycles. The summed E-state index contributed by atoms with van der Waals surface area (Å²) in [4.78, 5) is 41.0. The van der Waals surface area contributed by atoms with E-state index in [2.05, 4.69) is 23.2 Å². The summed E-state index contributed by atoms with van der Waals surface area (Å²) in [7, 11) is 0. The van der Waals surface area contributed by atoms with Crippen LogP contribution in [0.3, 0.4) is 0 Å². The summed E-state index contributed by atoms with van der Waals surface area (Å²) in [6.07, 6.45) is 1.25. The Morgan fingerprint density at radius 2 is 1.86 bits per heavy atom. The highest BCUT2D eigenvalue weighted by molar-refractivity contribution is 7.16. The van der Waals surface area contributed by atoms with Crippen molar-refractivity contribution in [2.24, 2.45) is 0 Å². The Morgan fingerprint density at radius 3 is 2.48 bits per heavy atom. The number of benzene rings is 1. The van der Waals surface area contributed by atoms with Crippen molar-refractivity contribution in [1.29, 1.82) is 5.26 Å². The van der Waals surface area contributed by atoms with Crippen molar-refractivity contribution in [3.05, 3.63) is 45.8 Å². The van der Waals surface area contributed by atoms with Gasteiger partial charge < -0.3 is 5.32 Å². The second kappa shape index (κ2) is 7.78. The number of nitriles is 1. The first-order valence-electron chi connectivity index (χ1n) is 9.56. The molecule has 4 rings (SSSR count). The minimum atomic E-state index is -0.321. The smallest absolute Gasteiger partial charge is 0.256 e. The zero-order chi connectivity index (χ0) is 20.5. The van der Waals surface area contributed by atoms with E-state index < -0.39 is 0 Å². The van der Waals surface area contributed by atoms with Gasteiger partial charge in [0.15, 0.2) is 0 Å². The highest BCUT2D eigenvalue weighted by atomic mass is 32.1. The number of imide groups is 1. The third-order valence-corrected chi connectivity index (χ3v) is 6.49. The maximum absolute atomic E-state index is 12.7. The monoisotopic (exact) mass is 408 g/mol. The van der Waals surface area contributed by atoms with Crippen molar-refractivity contribution >= 4 is 39.7 Å². The molecule has 8 heteroatoms. The lowest BCUT2D eigenvalue weighted by molar-refractivity contribution is -0.121. The standard InChI is InChI=1S/C21H20N4O3S/c1-2-24-10-9-15-16(11-22)21(29-17(15)12-24)23-20(28)13-3-5-14(6-4-13)25-18(26)7-8-19(25)27/h3-6H,2,7-10,12H2,1H3,(H,23,28). The third kappa shape index (κ3) is 3.55. The zero-order valence-electron chi connectivity index (χ0n) is 16.0. The van der Waals surface area contributed by atoms with Crippen LogP contribution in [0.15, 0.2) is 24.3 Å². The number of thiophene rings is 1. The minimum Gasteiger partial charge on any atom is -0.312 e. The number of carbonyl (C=O) groups excluding carboxylic acids is 3. The van der Waals surface area contributed by atoms with E-state index in [1.807, 2.05) is 0 Å². The van der Waals surface area contributed by atoms with E-state index in [1.54, 1.807) is 24.3 Å². The molecule has 1 aromatic heterocycles. The summed E-state index contributed by atoms with van der Waals surface area (Å²) in [6.45, 7) is 4.78. The quantitative estimate of drug-likeness (QED) is 0.785. The Balaban J connectivity index is 1.53. The van der Waals surface area contributed by atoms with Gasteiger partial charge in [-0.25, -0.2) is 0 Å². The van der Waals surface area contributed by atoms with Crippen molar-refractivity contribution < 1.29 is 14.4 Å². The fourth-order valence-corrected chi connectivity index (χ4v) is 4.97. The molecule has 29 heavy (non-hydrogen) atoms. The number of rotatable bonds is 4. The van der Waals surface area contributed by atoms with Gasteiger partial charge in [0.2, 0.25) is 11.8 Å². The molecule has 2 aliphatic heterocycles. The molecule has 3 heterocycles. The summed E-state index contributed by atoms with van der Waals surface area (Å²) >= 11 is 1.46. The molecular formula is C21H20N4O3S. The molecule has 7 nitrogen and oxygen atoms in total. The Kier molecular flexibility index (Phi) is 5.18.